The van der Waals surface area contributed by atoms with Crippen molar-refractivity contribution in [1.82, 2.24) is 0 Å². The van der Waals surface area contributed by atoms with Crippen LogP contribution < -0.4 is 0 Å². The minimum Gasteiger partial charge on any atom is -0.394 e. The van der Waals surface area contributed by atoms with Gasteiger partial charge in [0.15, 0.2) is 12.6 Å². The monoisotopic (exact) mass is 506 g/mol. The highest BCUT2D eigenvalue weighted by Gasteiger charge is 2.51. The highest BCUT2D eigenvalue weighted by molar-refractivity contribution is 4.95. The molecule has 12 N–H and O–H groups in total. The van der Waals surface area contributed by atoms with Crippen molar-refractivity contribution < 1.29 is 80.2 Å². The van der Waals surface area contributed by atoms with Crippen LogP contribution in [0.1, 0.15) is 0 Å². The Morgan fingerprint density at radius 2 is 1.15 bits per heavy atom. The van der Waals surface area contributed by atoms with Crippen molar-refractivity contribution in [1.29, 1.82) is 0 Å². The van der Waals surface area contributed by atoms with Crippen molar-refractivity contribution in [3.63, 3.8) is 0 Å². The largest absolute Gasteiger partial charge is 0.394 e. The van der Waals surface area contributed by atoms with E-state index in [0.717, 1.165) is 0 Å². The van der Waals surface area contributed by atoms with E-state index in [9.17, 15) is 56.2 Å². The predicted octanol–water partition coefficient (Wildman–Crippen LogP) is -7.94. The maximum Gasteiger partial charge on any atom is 0.187 e. The zero-order valence-corrected chi connectivity index (χ0v) is 17.9. The maximum atomic E-state index is 10.6. The van der Waals surface area contributed by atoms with E-state index in [1.165, 1.54) is 0 Å². The lowest BCUT2D eigenvalue weighted by atomic mass is 9.96. The maximum absolute atomic E-state index is 10.6. The van der Waals surface area contributed by atoms with Gasteiger partial charge in [-0.3, -0.25) is 0 Å². The second-order valence-corrected chi connectivity index (χ2v) is 8.10. The third-order valence-electron chi connectivity index (χ3n) is 5.74. The molecule has 0 unspecified atom stereocenters. The smallest absolute Gasteiger partial charge is 0.187 e. The molecule has 34 heavy (non-hydrogen) atoms. The zero-order valence-electron chi connectivity index (χ0n) is 17.9. The Hall–Kier alpha value is -0.640. The molecule has 0 aromatic carbocycles. The molecule has 0 bridgehead atoms. The van der Waals surface area contributed by atoms with E-state index in [1.54, 1.807) is 0 Å². The third kappa shape index (κ3) is 6.37. The van der Waals surface area contributed by atoms with Gasteiger partial charge in [-0.2, -0.15) is 0 Å². The fourth-order valence-electron chi connectivity index (χ4n) is 3.65. The van der Waals surface area contributed by atoms with Crippen LogP contribution in [-0.2, 0) is 18.9 Å². The third-order valence-corrected chi connectivity index (χ3v) is 5.74. The van der Waals surface area contributed by atoms with Gasteiger partial charge in [0.1, 0.15) is 73.2 Å². The van der Waals surface area contributed by atoms with Crippen LogP contribution in [0.2, 0.25) is 0 Å². The molecule has 0 radical (unpaired) electrons. The first-order valence-corrected chi connectivity index (χ1v) is 10.5. The number of hydrogen-bond donors (Lipinski definition) is 12. The highest BCUT2D eigenvalue weighted by atomic mass is 16.7. The Labute approximate surface area is 193 Å². The van der Waals surface area contributed by atoms with E-state index in [0.29, 0.717) is 0 Å². The van der Waals surface area contributed by atoms with Crippen molar-refractivity contribution in [2.75, 3.05) is 26.4 Å². The van der Waals surface area contributed by atoms with Gasteiger partial charge in [0.05, 0.1) is 26.4 Å². The molecule has 0 aliphatic carbocycles. The Morgan fingerprint density at radius 1 is 0.618 bits per heavy atom. The van der Waals surface area contributed by atoms with Gasteiger partial charge < -0.3 is 80.2 Å². The number of rotatable bonds is 11. The standard InChI is InChI=1S/C18H34O16/c19-1-5(23)9(25)15(6(24)2-20)33-18-14(30)12(28)16(8(4-22)32-18)34-17-13(29)11(27)10(26)7(3-21)31-17/h5-30H,1-4H2/t5-,6+,7-,8-,9+,10+,11+,12-,13-,14-,15-,16-,17+,18+/m1/s1. The Balaban J connectivity index is 2.17. The van der Waals surface area contributed by atoms with E-state index < -0.39 is 112 Å². The summed E-state index contributed by atoms with van der Waals surface area (Å²) in [7, 11) is 0. The summed E-state index contributed by atoms with van der Waals surface area (Å²) in [6.45, 7) is -3.52. The van der Waals surface area contributed by atoms with Crippen LogP contribution >= 0.6 is 0 Å². The van der Waals surface area contributed by atoms with Gasteiger partial charge >= 0.3 is 0 Å². The van der Waals surface area contributed by atoms with Crippen LogP contribution in [0.5, 0.6) is 0 Å². The summed E-state index contributed by atoms with van der Waals surface area (Å²) in [6, 6.07) is 0. The fourth-order valence-corrected chi connectivity index (χ4v) is 3.65. The molecule has 2 saturated heterocycles. The highest BCUT2D eigenvalue weighted by Crippen LogP contribution is 2.30. The molecule has 14 atom stereocenters. The quantitative estimate of drug-likeness (QED) is 0.124. The van der Waals surface area contributed by atoms with Crippen molar-refractivity contribution in [2.24, 2.45) is 0 Å². The average Bonchev–Trinajstić information content (AvgIpc) is 2.84. The van der Waals surface area contributed by atoms with E-state index >= 15 is 0 Å². The molecular formula is C18H34O16. The van der Waals surface area contributed by atoms with E-state index in [1.807, 2.05) is 0 Å². The molecule has 0 aromatic rings. The van der Waals surface area contributed by atoms with Crippen molar-refractivity contribution in [3.8, 4) is 0 Å². The summed E-state index contributed by atoms with van der Waals surface area (Å²) in [5, 5.41) is 118. The SMILES string of the molecule is OC[C@@H](O)[C@H](O)[C@H](O[C@@H]1O[C@H](CO)[C@@H](O[C@@H]2O[C@H](CO)[C@H](O)[C@H](O)[C@H]2O)[C@H](O)[C@H]1O)[C@@H](O)CO. The lowest BCUT2D eigenvalue weighted by Crippen LogP contribution is -2.65. The normalized spacial score (nSPS) is 42.7. The first-order valence-electron chi connectivity index (χ1n) is 10.5. The molecule has 2 aliphatic heterocycles. The van der Waals surface area contributed by atoms with Crippen molar-refractivity contribution >= 4 is 0 Å². The molecule has 0 spiro atoms. The Kier molecular flexibility index (Phi) is 11.4. The summed E-state index contributed by atoms with van der Waals surface area (Å²) in [6.07, 6.45) is -24.7. The lowest BCUT2D eigenvalue weighted by Gasteiger charge is -2.46. The van der Waals surface area contributed by atoms with Gasteiger partial charge in [0.2, 0.25) is 0 Å². The second kappa shape index (κ2) is 13.1. The number of hydrogen-bond acceptors (Lipinski definition) is 16. The molecule has 0 amide bonds. The summed E-state index contributed by atoms with van der Waals surface area (Å²) in [4.78, 5) is 0. The van der Waals surface area contributed by atoms with Crippen LogP contribution in [0.25, 0.3) is 0 Å². The average molecular weight is 506 g/mol. The van der Waals surface area contributed by atoms with Crippen LogP contribution in [0, 0.1) is 0 Å². The van der Waals surface area contributed by atoms with Crippen molar-refractivity contribution in [3.05, 3.63) is 0 Å². The topological polar surface area (TPSA) is 280 Å². The Bertz CT molecular complexity index is 594. The summed E-state index contributed by atoms with van der Waals surface area (Å²) in [5.41, 5.74) is 0. The molecule has 2 heterocycles. The molecule has 0 aromatic heterocycles. The summed E-state index contributed by atoms with van der Waals surface area (Å²) < 4.78 is 21.2. The molecular weight excluding hydrogens is 472 g/mol. The van der Waals surface area contributed by atoms with Gasteiger partial charge in [-0.05, 0) is 0 Å². The predicted molar refractivity (Wildman–Crippen MR) is 103 cm³/mol. The van der Waals surface area contributed by atoms with E-state index in [4.69, 9.17) is 24.1 Å². The molecule has 2 fully saturated rings. The minimum absolute atomic E-state index is 0.757. The fraction of sp³-hybridized carbons (Fsp3) is 1.00. The molecule has 16 heteroatoms. The summed E-state index contributed by atoms with van der Waals surface area (Å²) in [5.74, 6) is 0. The van der Waals surface area contributed by atoms with Crippen molar-refractivity contribution in [2.45, 2.75) is 85.8 Å². The van der Waals surface area contributed by atoms with Crippen LogP contribution in [0.3, 0.4) is 0 Å². The first-order chi connectivity index (χ1) is 16.0. The number of ether oxygens (including phenoxy) is 4. The van der Waals surface area contributed by atoms with Crippen LogP contribution in [-0.4, -0.2) is 174 Å². The molecule has 16 nitrogen and oxygen atoms in total. The Morgan fingerprint density at radius 3 is 1.68 bits per heavy atom. The van der Waals surface area contributed by atoms with Gasteiger partial charge in [-0.1, -0.05) is 0 Å². The van der Waals surface area contributed by atoms with Gasteiger partial charge in [0.25, 0.3) is 0 Å². The first kappa shape index (κ1) is 29.6. The van der Waals surface area contributed by atoms with E-state index in [2.05, 4.69) is 0 Å². The number of aliphatic hydroxyl groups is 12. The molecule has 0 saturated carbocycles. The lowest BCUT2D eigenvalue weighted by molar-refractivity contribution is -0.367. The van der Waals surface area contributed by atoms with Gasteiger partial charge in [0, 0.05) is 0 Å². The van der Waals surface area contributed by atoms with E-state index in [-0.39, 0.29) is 0 Å². The molecule has 2 aliphatic rings. The van der Waals surface area contributed by atoms with Crippen LogP contribution in [0.15, 0.2) is 0 Å². The van der Waals surface area contributed by atoms with Crippen LogP contribution in [0.4, 0.5) is 0 Å². The zero-order chi connectivity index (χ0) is 25.7. The van der Waals surface area contributed by atoms with Gasteiger partial charge in [-0.25, -0.2) is 0 Å². The summed E-state index contributed by atoms with van der Waals surface area (Å²) >= 11 is 0. The molecule has 2 rings (SSSR count). The number of aliphatic hydroxyl groups excluding tert-OH is 12. The van der Waals surface area contributed by atoms with Gasteiger partial charge in [-0.15, -0.1) is 0 Å². The molecule has 202 valence electrons. The minimum atomic E-state index is -1.98. The second-order valence-electron chi connectivity index (χ2n) is 8.10.